The van der Waals surface area contributed by atoms with Crippen LogP contribution >= 0.6 is 0 Å². The van der Waals surface area contributed by atoms with Gasteiger partial charge in [0.2, 0.25) is 0 Å². The summed E-state index contributed by atoms with van der Waals surface area (Å²) >= 11 is 0. The first-order valence-electron chi connectivity index (χ1n) is 4.30. The first-order chi connectivity index (χ1) is 4.95. The van der Waals surface area contributed by atoms with Crippen LogP contribution in [0.4, 0.5) is 0 Å². The van der Waals surface area contributed by atoms with E-state index in [2.05, 4.69) is 45.4 Å². The van der Waals surface area contributed by atoms with Crippen LogP contribution in [0.3, 0.4) is 0 Å². The monoisotopic (exact) mass is 186 g/mol. The van der Waals surface area contributed by atoms with E-state index in [1.54, 1.807) is 0 Å². The van der Waals surface area contributed by atoms with E-state index >= 15 is 0 Å². The third kappa shape index (κ3) is 4.77. The van der Waals surface area contributed by atoms with Gasteiger partial charge in [0.1, 0.15) is 9.20 Å². The summed E-state index contributed by atoms with van der Waals surface area (Å²) < 4.78 is 2.61. The Labute approximate surface area is 75.5 Å². The van der Waals surface area contributed by atoms with Crippen molar-refractivity contribution in [2.45, 2.75) is 52.9 Å². The summed E-state index contributed by atoms with van der Waals surface area (Å²) in [6.07, 6.45) is 0. The molecule has 0 aromatic carbocycles. The zero-order chi connectivity index (χ0) is 9.02. The molecule has 3 heteroatoms. The molecule has 0 amide bonds. The van der Waals surface area contributed by atoms with Gasteiger partial charge in [0.15, 0.2) is 0 Å². The molecular formula is C8H20NSi2. The van der Waals surface area contributed by atoms with Gasteiger partial charge in [-0.1, -0.05) is 40.8 Å². The van der Waals surface area contributed by atoms with Crippen LogP contribution in [0.5, 0.6) is 0 Å². The fraction of sp³-hybridized carbons (Fsp3) is 1.00. The van der Waals surface area contributed by atoms with Crippen LogP contribution in [0.1, 0.15) is 27.7 Å². The zero-order valence-electron chi connectivity index (χ0n) is 8.60. The van der Waals surface area contributed by atoms with Crippen molar-refractivity contribution in [1.29, 1.82) is 0 Å². The van der Waals surface area contributed by atoms with E-state index < -0.39 is 0 Å². The van der Waals surface area contributed by atoms with Crippen molar-refractivity contribution in [1.82, 2.24) is 4.57 Å². The van der Waals surface area contributed by atoms with E-state index in [0.29, 0.717) is 12.1 Å². The fourth-order valence-corrected chi connectivity index (χ4v) is 5.24. The average molecular weight is 186 g/mol. The van der Waals surface area contributed by atoms with E-state index in [1.165, 1.54) is 0 Å². The van der Waals surface area contributed by atoms with Crippen molar-refractivity contribution in [2.75, 3.05) is 0 Å². The molecule has 65 valence electrons. The highest BCUT2D eigenvalue weighted by atomic mass is 29.2. The van der Waals surface area contributed by atoms with Crippen molar-refractivity contribution in [2.24, 2.45) is 0 Å². The molecule has 0 N–H and O–H groups in total. The Morgan fingerprint density at radius 1 is 1.00 bits per heavy atom. The minimum atomic E-state index is -0.0690. The first kappa shape index (κ1) is 11.4. The van der Waals surface area contributed by atoms with Crippen LogP contribution in [0.25, 0.3) is 0 Å². The van der Waals surface area contributed by atoms with Gasteiger partial charge in [-0.15, -0.1) is 0 Å². The van der Waals surface area contributed by atoms with Crippen molar-refractivity contribution >= 4 is 17.5 Å². The van der Waals surface area contributed by atoms with Gasteiger partial charge in [0, 0.05) is 8.31 Å². The average Bonchev–Trinajstić information content (AvgIpc) is 1.81. The van der Waals surface area contributed by atoms with Crippen LogP contribution in [-0.2, 0) is 0 Å². The summed E-state index contributed by atoms with van der Waals surface area (Å²) in [5.41, 5.74) is 0. The van der Waals surface area contributed by atoms with Gasteiger partial charge in [-0.05, 0) is 12.1 Å². The summed E-state index contributed by atoms with van der Waals surface area (Å²) in [6, 6.07) is 1.43. The van der Waals surface area contributed by atoms with E-state index in [0.717, 1.165) is 9.20 Å². The molecule has 0 aromatic heterocycles. The summed E-state index contributed by atoms with van der Waals surface area (Å²) in [5, 5.41) is 0. The van der Waals surface area contributed by atoms with Crippen LogP contribution < -0.4 is 0 Å². The molecule has 0 aliphatic heterocycles. The second-order valence-electron chi connectivity index (χ2n) is 3.71. The van der Waals surface area contributed by atoms with Crippen molar-refractivity contribution in [3.05, 3.63) is 0 Å². The summed E-state index contributed by atoms with van der Waals surface area (Å²) in [4.78, 5) is 0. The normalized spacial score (nSPS) is 12.5. The van der Waals surface area contributed by atoms with Gasteiger partial charge in [-0.25, -0.2) is 0 Å². The number of hydrogen-bond donors (Lipinski definition) is 0. The molecule has 3 radical (unpaired) electrons. The Morgan fingerprint density at radius 3 is 1.45 bits per heavy atom. The Hall–Kier alpha value is 0.394. The van der Waals surface area contributed by atoms with Crippen molar-refractivity contribution < 1.29 is 0 Å². The second-order valence-corrected chi connectivity index (χ2v) is 10.1. The topological polar surface area (TPSA) is 3.24 Å². The maximum atomic E-state index is 2.61. The van der Waals surface area contributed by atoms with Crippen molar-refractivity contribution in [3.63, 3.8) is 0 Å². The lowest BCUT2D eigenvalue weighted by Gasteiger charge is -2.31. The molecule has 1 nitrogen and oxygen atoms in total. The van der Waals surface area contributed by atoms with Gasteiger partial charge < -0.3 is 4.57 Å². The van der Waals surface area contributed by atoms with E-state index in [1.807, 2.05) is 0 Å². The standard InChI is InChI=1S/C8H20NSi2/c1-7(2)9(8(3)4)10-11(5)6/h7-8H,1-6H3. The maximum absolute atomic E-state index is 2.61. The molecular weight excluding hydrogens is 166 g/mol. The van der Waals surface area contributed by atoms with Crippen LogP contribution in [0.15, 0.2) is 0 Å². The molecule has 0 fully saturated rings. The first-order valence-corrected chi connectivity index (χ1v) is 8.75. The van der Waals surface area contributed by atoms with Gasteiger partial charge >= 0.3 is 0 Å². The van der Waals surface area contributed by atoms with Crippen LogP contribution in [0, 0.1) is 0 Å². The van der Waals surface area contributed by atoms with Gasteiger partial charge in [-0.3, -0.25) is 0 Å². The molecule has 0 saturated heterocycles. The van der Waals surface area contributed by atoms with E-state index in [9.17, 15) is 0 Å². The van der Waals surface area contributed by atoms with E-state index in [-0.39, 0.29) is 8.31 Å². The minimum Gasteiger partial charge on any atom is -0.324 e. The lowest BCUT2D eigenvalue weighted by atomic mass is 10.3. The third-order valence-electron chi connectivity index (χ3n) is 1.47. The Balaban J connectivity index is 3.90. The predicted molar refractivity (Wildman–Crippen MR) is 55.3 cm³/mol. The molecule has 0 atom stereocenters. The molecule has 11 heavy (non-hydrogen) atoms. The highest BCUT2D eigenvalue weighted by molar-refractivity contribution is 7.10. The SMILES string of the molecule is CC(C)N([Si][Si](C)C)C(C)C. The number of hydrogen-bond acceptors (Lipinski definition) is 1. The van der Waals surface area contributed by atoms with Crippen molar-refractivity contribution in [3.8, 4) is 0 Å². The molecule has 0 rings (SSSR count). The zero-order valence-corrected chi connectivity index (χ0v) is 10.6. The van der Waals surface area contributed by atoms with Gasteiger partial charge in [0.25, 0.3) is 0 Å². The van der Waals surface area contributed by atoms with Gasteiger partial charge in [0.05, 0.1) is 0 Å². The number of nitrogens with zero attached hydrogens (tertiary/aromatic N) is 1. The Morgan fingerprint density at radius 2 is 1.36 bits per heavy atom. The lowest BCUT2D eigenvalue weighted by molar-refractivity contribution is 0.317. The number of rotatable bonds is 4. The molecule has 0 unspecified atom stereocenters. The summed E-state index contributed by atoms with van der Waals surface area (Å²) in [7, 11) is 1.01. The van der Waals surface area contributed by atoms with Crippen LogP contribution in [-0.4, -0.2) is 34.2 Å². The lowest BCUT2D eigenvalue weighted by Crippen LogP contribution is -2.45. The van der Waals surface area contributed by atoms with Gasteiger partial charge in [-0.2, -0.15) is 0 Å². The molecule has 0 heterocycles. The largest absolute Gasteiger partial charge is 0.324 e. The minimum absolute atomic E-state index is 0.0690. The summed E-state index contributed by atoms with van der Waals surface area (Å²) in [6.45, 7) is 13.9. The second kappa shape index (κ2) is 5.11. The fourth-order valence-electron chi connectivity index (χ4n) is 1.11. The highest BCUT2D eigenvalue weighted by Crippen LogP contribution is 2.03. The molecule has 0 bridgehead atoms. The Kier molecular flexibility index (Phi) is 5.30. The molecule has 0 spiro atoms. The van der Waals surface area contributed by atoms with E-state index in [4.69, 9.17) is 0 Å². The predicted octanol–water partition coefficient (Wildman–Crippen LogP) is 1.98. The van der Waals surface area contributed by atoms with Crippen LogP contribution in [0.2, 0.25) is 13.1 Å². The Bertz CT molecular complexity index is 94.3. The molecule has 0 aliphatic carbocycles. The quantitative estimate of drug-likeness (QED) is 0.607. The third-order valence-corrected chi connectivity index (χ3v) is 5.32. The maximum Gasteiger partial charge on any atom is 0.124 e. The highest BCUT2D eigenvalue weighted by Gasteiger charge is 2.15. The summed E-state index contributed by atoms with van der Waals surface area (Å²) in [5.74, 6) is 0. The molecule has 0 saturated carbocycles. The molecule has 0 aliphatic rings. The smallest absolute Gasteiger partial charge is 0.124 e. The molecule has 0 aromatic rings.